The molecule has 0 atom stereocenters. The summed E-state index contributed by atoms with van der Waals surface area (Å²) in [5.74, 6) is 0.850. The van der Waals surface area contributed by atoms with E-state index < -0.39 is 0 Å². The smallest absolute Gasteiger partial charge is 0.119 e. The molecule has 0 saturated carbocycles. The first-order valence-electron chi connectivity index (χ1n) is 7.24. The number of aromatic nitrogens is 3. The Hall–Kier alpha value is -2.53. The molecule has 0 unspecified atom stereocenters. The zero-order valence-electron chi connectivity index (χ0n) is 12.8. The standard InChI is InChI=1S/C18H15N3OS/c1-22-12-4-5-15-13(7-12)14-8-16(19-10-17(14)21-15)11-3-6-18(23-2)20-9-11/h3-10,21H,1-2H3. The highest BCUT2D eigenvalue weighted by atomic mass is 32.2. The molecule has 1 N–H and O–H groups in total. The molecule has 1 aromatic carbocycles. The number of nitrogens with zero attached hydrogens (tertiary/aromatic N) is 2. The third-order valence-corrected chi connectivity index (χ3v) is 4.59. The SMILES string of the molecule is COc1ccc2[nH]c3cnc(-c4ccc(SC)nc4)cc3c2c1. The zero-order valence-corrected chi connectivity index (χ0v) is 13.6. The Balaban J connectivity index is 1.89. The van der Waals surface area contributed by atoms with Crippen LogP contribution >= 0.6 is 11.8 Å². The van der Waals surface area contributed by atoms with Gasteiger partial charge >= 0.3 is 0 Å². The van der Waals surface area contributed by atoms with Crippen molar-refractivity contribution in [3.63, 3.8) is 0 Å². The summed E-state index contributed by atoms with van der Waals surface area (Å²) < 4.78 is 5.34. The fourth-order valence-corrected chi connectivity index (χ4v) is 3.08. The number of nitrogens with one attached hydrogen (secondary N) is 1. The van der Waals surface area contributed by atoms with Gasteiger partial charge in [-0.2, -0.15) is 0 Å². The molecule has 4 rings (SSSR count). The first-order valence-corrected chi connectivity index (χ1v) is 8.47. The number of benzene rings is 1. The van der Waals surface area contributed by atoms with Gasteiger partial charge in [0.25, 0.3) is 0 Å². The molecule has 0 bridgehead atoms. The molecule has 0 aliphatic carbocycles. The molecule has 114 valence electrons. The van der Waals surface area contributed by atoms with Gasteiger partial charge in [0.2, 0.25) is 0 Å². The largest absolute Gasteiger partial charge is 0.497 e. The van der Waals surface area contributed by atoms with Gasteiger partial charge in [-0.05, 0) is 42.7 Å². The zero-order chi connectivity index (χ0) is 15.8. The monoisotopic (exact) mass is 321 g/mol. The van der Waals surface area contributed by atoms with Crippen LogP contribution in [0.5, 0.6) is 5.75 Å². The molecule has 0 aliphatic rings. The molecule has 0 aliphatic heterocycles. The van der Waals surface area contributed by atoms with Crippen LogP contribution in [-0.2, 0) is 0 Å². The molecule has 4 nitrogen and oxygen atoms in total. The Morgan fingerprint density at radius 3 is 2.57 bits per heavy atom. The van der Waals surface area contributed by atoms with Crippen LogP contribution in [0.15, 0.2) is 53.8 Å². The molecule has 0 saturated heterocycles. The molecule has 0 spiro atoms. The van der Waals surface area contributed by atoms with Crippen LogP contribution in [0.3, 0.4) is 0 Å². The second kappa shape index (κ2) is 5.59. The summed E-state index contributed by atoms with van der Waals surface area (Å²) in [6.45, 7) is 0. The van der Waals surface area contributed by atoms with Gasteiger partial charge in [-0.1, -0.05) is 0 Å². The fraction of sp³-hybridized carbons (Fsp3) is 0.111. The molecule has 4 aromatic rings. The Bertz CT molecular complexity index is 992. The predicted molar refractivity (Wildman–Crippen MR) is 95.2 cm³/mol. The number of H-pyrrole nitrogens is 1. The van der Waals surface area contributed by atoms with Crippen molar-refractivity contribution < 1.29 is 4.74 Å². The second-order valence-electron chi connectivity index (χ2n) is 5.24. The van der Waals surface area contributed by atoms with E-state index in [1.807, 2.05) is 42.9 Å². The second-order valence-corrected chi connectivity index (χ2v) is 6.07. The molecule has 3 aromatic heterocycles. The van der Waals surface area contributed by atoms with E-state index in [0.717, 1.165) is 43.8 Å². The number of methoxy groups -OCH3 is 1. The quantitative estimate of drug-likeness (QED) is 0.564. The van der Waals surface area contributed by atoms with Gasteiger partial charge in [0.1, 0.15) is 5.75 Å². The Morgan fingerprint density at radius 2 is 1.83 bits per heavy atom. The van der Waals surface area contributed by atoms with Gasteiger partial charge < -0.3 is 9.72 Å². The lowest BCUT2D eigenvalue weighted by atomic mass is 10.1. The number of rotatable bonds is 3. The molecular weight excluding hydrogens is 306 g/mol. The minimum Gasteiger partial charge on any atom is -0.497 e. The highest BCUT2D eigenvalue weighted by molar-refractivity contribution is 7.98. The minimum atomic E-state index is 0.850. The predicted octanol–water partition coefficient (Wildman–Crippen LogP) is 4.51. The van der Waals surface area contributed by atoms with E-state index in [-0.39, 0.29) is 0 Å². The number of aromatic amines is 1. The summed E-state index contributed by atoms with van der Waals surface area (Å²) in [7, 11) is 1.68. The van der Waals surface area contributed by atoms with Crippen LogP contribution in [0.1, 0.15) is 0 Å². The fourth-order valence-electron chi connectivity index (χ4n) is 2.72. The van der Waals surface area contributed by atoms with Crippen molar-refractivity contribution in [2.24, 2.45) is 0 Å². The average molecular weight is 321 g/mol. The van der Waals surface area contributed by atoms with E-state index >= 15 is 0 Å². The lowest BCUT2D eigenvalue weighted by molar-refractivity contribution is 0.415. The molecule has 23 heavy (non-hydrogen) atoms. The van der Waals surface area contributed by atoms with Crippen molar-refractivity contribution in [2.45, 2.75) is 5.03 Å². The highest BCUT2D eigenvalue weighted by Crippen LogP contribution is 2.31. The Morgan fingerprint density at radius 1 is 0.957 bits per heavy atom. The van der Waals surface area contributed by atoms with Crippen LogP contribution in [0.25, 0.3) is 33.1 Å². The van der Waals surface area contributed by atoms with Crippen molar-refractivity contribution in [3.8, 4) is 17.0 Å². The van der Waals surface area contributed by atoms with Gasteiger partial charge in [-0.15, -0.1) is 11.8 Å². The van der Waals surface area contributed by atoms with E-state index in [2.05, 4.69) is 27.1 Å². The summed E-state index contributed by atoms with van der Waals surface area (Å²) in [4.78, 5) is 12.4. The Kier molecular flexibility index (Phi) is 3.42. The van der Waals surface area contributed by atoms with Crippen LogP contribution in [0.4, 0.5) is 0 Å². The number of hydrogen-bond acceptors (Lipinski definition) is 4. The van der Waals surface area contributed by atoms with Crippen LogP contribution in [-0.4, -0.2) is 28.3 Å². The van der Waals surface area contributed by atoms with E-state index in [4.69, 9.17) is 4.74 Å². The van der Waals surface area contributed by atoms with Gasteiger partial charge in [-0.3, -0.25) is 4.98 Å². The molecule has 0 fully saturated rings. The maximum atomic E-state index is 5.34. The van der Waals surface area contributed by atoms with E-state index in [9.17, 15) is 0 Å². The lowest BCUT2D eigenvalue weighted by Gasteiger charge is -2.02. The van der Waals surface area contributed by atoms with Gasteiger partial charge in [0.05, 0.1) is 29.5 Å². The van der Waals surface area contributed by atoms with Gasteiger partial charge in [0, 0.05) is 28.0 Å². The topological polar surface area (TPSA) is 50.8 Å². The van der Waals surface area contributed by atoms with Crippen molar-refractivity contribution in [3.05, 3.63) is 48.8 Å². The van der Waals surface area contributed by atoms with Crippen LogP contribution in [0, 0.1) is 0 Å². The lowest BCUT2D eigenvalue weighted by Crippen LogP contribution is -1.86. The average Bonchev–Trinajstić information content (AvgIpc) is 2.98. The number of fused-ring (bicyclic) bond motifs is 3. The van der Waals surface area contributed by atoms with Gasteiger partial charge in [-0.25, -0.2) is 4.98 Å². The first-order chi connectivity index (χ1) is 11.3. The molecular formula is C18H15N3OS. The van der Waals surface area contributed by atoms with E-state index in [1.54, 1.807) is 18.9 Å². The third kappa shape index (κ3) is 2.43. The van der Waals surface area contributed by atoms with Crippen molar-refractivity contribution in [1.29, 1.82) is 0 Å². The van der Waals surface area contributed by atoms with Crippen molar-refractivity contribution >= 4 is 33.6 Å². The van der Waals surface area contributed by atoms with Crippen molar-refractivity contribution in [1.82, 2.24) is 15.0 Å². The summed E-state index contributed by atoms with van der Waals surface area (Å²) >= 11 is 1.63. The molecule has 5 heteroatoms. The minimum absolute atomic E-state index is 0.850. The summed E-state index contributed by atoms with van der Waals surface area (Å²) in [6.07, 6.45) is 5.76. The van der Waals surface area contributed by atoms with Crippen molar-refractivity contribution in [2.75, 3.05) is 13.4 Å². The maximum absolute atomic E-state index is 5.34. The number of pyridine rings is 2. The summed E-state index contributed by atoms with van der Waals surface area (Å²) in [6, 6.07) is 12.2. The summed E-state index contributed by atoms with van der Waals surface area (Å²) in [5, 5.41) is 3.28. The van der Waals surface area contributed by atoms with Crippen LogP contribution in [0.2, 0.25) is 0 Å². The molecule has 3 heterocycles. The number of thioether (sulfide) groups is 1. The van der Waals surface area contributed by atoms with Gasteiger partial charge in [0.15, 0.2) is 0 Å². The first kappa shape index (κ1) is 14.1. The van der Waals surface area contributed by atoms with E-state index in [0.29, 0.717) is 0 Å². The highest BCUT2D eigenvalue weighted by Gasteiger charge is 2.08. The number of hydrogen-bond donors (Lipinski definition) is 1. The maximum Gasteiger partial charge on any atom is 0.119 e. The summed E-state index contributed by atoms with van der Waals surface area (Å²) in [5.41, 5.74) is 4.03. The van der Waals surface area contributed by atoms with Crippen LogP contribution < -0.4 is 4.74 Å². The third-order valence-electron chi connectivity index (χ3n) is 3.93. The normalized spacial score (nSPS) is 11.2. The van der Waals surface area contributed by atoms with E-state index in [1.165, 1.54) is 0 Å². The molecule has 0 radical (unpaired) electrons. The molecule has 0 amide bonds. The number of ether oxygens (including phenoxy) is 1. The Labute approximate surface area is 137 Å².